The van der Waals surface area contributed by atoms with Crippen molar-refractivity contribution >= 4 is 0 Å². The maximum Gasteiger partial charge on any atom is 0.0941 e. The van der Waals surface area contributed by atoms with Gasteiger partial charge in [-0.25, -0.2) is 0 Å². The van der Waals surface area contributed by atoms with E-state index in [-0.39, 0.29) is 19.4 Å². The summed E-state index contributed by atoms with van der Waals surface area (Å²) in [5.41, 5.74) is 10.2. The molecule has 0 aromatic heterocycles. The Morgan fingerprint density at radius 1 is 1.62 bits per heavy atom. The number of rotatable bonds is 4. The molecule has 0 saturated carbocycles. The van der Waals surface area contributed by atoms with E-state index in [2.05, 4.69) is 4.74 Å². The second-order valence-corrected chi connectivity index (χ2v) is 1.48. The minimum atomic E-state index is -0.293. The van der Waals surface area contributed by atoms with Crippen LogP contribution in [0.3, 0.4) is 0 Å². The lowest BCUT2D eigenvalue weighted by molar-refractivity contribution is 0.106. The van der Waals surface area contributed by atoms with Crippen molar-refractivity contribution < 1.29 is 9.84 Å². The highest BCUT2D eigenvalue weighted by Crippen LogP contribution is 1.75. The molecule has 0 amide bonds. The number of aliphatic hydroxyl groups excluding tert-OH is 1. The molecular formula is C4H12N2O2. The van der Waals surface area contributed by atoms with E-state index in [1.807, 2.05) is 0 Å². The van der Waals surface area contributed by atoms with Crippen molar-refractivity contribution in [2.24, 2.45) is 11.5 Å². The van der Waals surface area contributed by atoms with Gasteiger partial charge in [0, 0.05) is 0 Å². The first kappa shape index (κ1) is 7.84. The molecule has 1 unspecified atom stereocenters. The van der Waals surface area contributed by atoms with Gasteiger partial charge in [-0.05, 0) is 0 Å². The van der Waals surface area contributed by atoms with Crippen LogP contribution in [0.4, 0.5) is 0 Å². The highest BCUT2D eigenvalue weighted by molar-refractivity contribution is 4.54. The van der Waals surface area contributed by atoms with Gasteiger partial charge in [-0.3, -0.25) is 0 Å². The molecule has 0 rings (SSSR count). The van der Waals surface area contributed by atoms with Crippen LogP contribution in [0.5, 0.6) is 0 Å². The molecule has 0 radical (unpaired) electrons. The van der Waals surface area contributed by atoms with Crippen molar-refractivity contribution in [3.63, 3.8) is 0 Å². The Morgan fingerprint density at radius 3 is 2.62 bits per heavy atom. The summed E-state index contributed by atoms with van der Waals surface area (Å²) < 4.78 is 4.68. The number of aliphatic hydroxyl groups is 1. The minimum absolute atomic E-state index is 0.0556. The van der Waals surface area contributed by atoms with E-state index in [4.69, 9.17) is 16.6 Å². The first-order valence-corrected chi connectivity index (χ1v) is 2.45. The van der Waals surface area contributed by atoms with Crippen LogP contribution in [0, 0.1) is 0 Å². The predicted molar refractivity (Wildman–Crippen MR) is 30.1 cm³/mol. The van der Waals surface area contributed by atoms with Crippen molar-refractivity contribution in [1.29, 1.82) is 0 Å². The normalized spacial score (nSPS) is 13.9. The largest absolute Gasteiger partial charge is 0.395 e. The lowest BCUT2D eigenvalue weighted by atomic mass is 10.4. The van der Waals surface area contributed by atoms with E-state index in [1.165, 1.54) is 0 Å². The molecule has 0 saturated heterocycles. The van der Waals surface area contributed by atoms with E-state index in [0.29, 0.717) is 6.61 Å². The zero-order valence-electron chi connectivity index (χ0n) is 4.71. The van der Waals surface area contributed by atoms with E-state index in [0.717, 1.165) is 0 Å². The van der Waals surface area contributed by atoms with Gasteiger partial charge in [0.25, 0.3) is 0 Å². The van der Waals surface area contributed by atoms with Gasteiger partial charge in [0.2, 0.25) is 0 Å². The fourth-order valence-corrected chi connectivity index (χ4v) is 0.272. The average Bonchev–Trinajstić information content (AvgIpc) is 1.83. The Labute approximate surface area is 48.4 Å². The van der Waals surface area contributed by atoms with Gasteiger partial charge in [0.15, 0.2) is 0 Å². The van der Waals surface area contributed by atoms with Gasteiger partial charge in [0.1, 0.15) is 0 Å². The van der Waals surface area contributed by atoms with Crippen LogP contribution in [0.2, 0.25) is 0 Å². The quantitative estimate of drug-likeness (QED) is 0.384. The fourth-order valence-electron chi connectivity index (χ4n) is 0.272. The molecule has 0 bridgehead atoms. The van der Waals surface area contributed by atoms with Crippen LogP contribution in [-0.2, 0) is 4.74 Å². The zero-order chi connectivity index (χ0) is 6.41. The van der Waals surface area contributed by atoms with Crippen LogP contribution in [-0.4, -0.2) is 31.1 Å². The van der Waals surface area contributed by atoms with Crippen molar-refractivity contribution in [3.8, 4) is 0 Å². The molecule has 0 heterocycles. The van der Waals surface area contributed by atoms with E-state index in [1.54, 1.807) is 0 Å². The standard InChI is InChI=1S/C4H12N2O2/c5-3-8-2-4(6)1-7/h4,7H,1-3,5-6H2. The van der Waals surface area contributed by atoms with Gasteiger partial charge < -0.3 is 21.3 Å². The predicted octanol–water partition coefficient (Wildman–Crippen LogP) is -1.76. The van der Waals surface area contributed by atoms with Gasteiger partial charge in [-0.1, -0.05) is 0 Å². The van der Waals surface area contributed by atoms with Crippen molar-refractivity contribution in [3.05, 3.63) is 0 Å². The molecule has 0 aliphatic heterocycles. The third-order valence-corrected chi connectivity index (χ3v) is 0.684. The topological polar surface area (TPSA) is 81.5 Å². The summed E-state index contributed by atoms with van der Waals surface area (Å²) in [4.78, 5) is 0. The Morgan fingerprint density at radius 2 is 2.25 bits per heavy atom. The molecule has 1 atom stereocenters. The van der Waals surface area contributed by atoms with Gasteiger partial charge in [-0.2, -0.15) is 0 Å². The Balaban J connectivity index is 2.86. The maximum absolute atomic E-state index is 8.32. The Kier molecular flexibility index (Phi) is 4.89. The Bertz CT molecular complexity index is 51.3. The van der Waals surface area contributed by atoms with E-state index < -0.39 is 0 Å². The molecule has 4 nitrogen and oxygen atoms in total. The molecule has 5 N–H and O–H groups in total. The summed E-state index contributed by atoms with van der Waals surface area (Å²) in [6.07, 6.45) is 0. The zero-order valence-corrected chi connectivity index (χ0v) is 4.71. The number of hydrogen-bond acceptors (Lipinski definition) is 4. The van der Waals surface area contributed by atoms with Crippen LogP contribution in [0.15, 0.2) is 0 Å². The van der Waals surface area contributed by atoms with Crippen LogP contribution < -0.4 is 11.5 Å². The van der Waals surface area contributed by atoms with E-state index in [9.17, 15) is 0 Å². The molecule has 0 aliphatic rings. The second-order valence-electron chi connectivity index (χ2n) is 1.48. The van der Waals surface area contributed by atoms with Crippen LogP contribution in [0.1, 0.15) is 0 Å². The molecule has 8 heavy (non-hydrogen) atoms. The van der Waals surface area contributed by atoms with Crippen LogP contribution in [0.25, 0.3) is 0 Å². The molecule has 0 aromatic rings. The van der Waals surface area contributed by atoms with E-state index >= 15 is 0 Å². The highest BCUT2D eigenvalue weighted by Gasteiger charge is 1.96. The number of ether oxygens (including phenoxy) is 1. The van der Waals surface area contributed by atoms with Crippen molar-refractivity contribution in [2.45, 2.75) is 6.04 Å². The van der Waals surface area contributed by atoms with Gasteiger partial charge >= 0.3 is 0 Å². The monoisotopic (exact) mass is 120 g/mol. The molecule has 4 heteroatoms. The summed E-state index contributed by atoms with van der Waals surface area (Å²) in [7, 11) is 0. The summed E-state index contributed by atoms with van der Waals surface area (Å²) in [6.45, 7) is 0.431. The molecule has 0 fully saturated rings. The maximum atomic E-state index is 8.32. The lowest BCUT2D eigenvalue weighted by Gasteiger charge is -2.05. The Hall–Kier alpha value is -0.160. The van der Waals surface area contributed by atoms with Gasteiger partial charge in [-0.15, -0.1) is 0 Å². The first-order chi connectivity index (χ1) is 3.81. The fraction of sp³-hybridized carbons (Fsp3) is 1.00. The molecule has 0 aliphatic carbocycles. The third kappa shape index (κ3) is 4.01. The molecule has 0 aromatic carbocycles. The molecular weight excluding hydrogens is 108 g/mol. The number of nitrogens with two attached hydrogens (primary N) is 2. The van der Waals surface area contributed by atoms with Crippen molar-refractivity contribution in [2.75, 3.05) is 19.9 Å². The van der Waals surface area contributed by atoms with Crippen molar-refractivity contribution in [1.82, 2.24) is 0 Å². The minimum Gasteiger partial charge on any atom is -0.395 e. The second kappa shape index (κ2) is 4.99. The van der Waals surface area contributed by atoms with Crippen LogP contribution >= 0.6 is 0 Å². The number of hydrogen-bond donors (Lipinski definition) is 3. The third-order valence-electron chi connectivity index (χ3n) is 0.684. The summed E-state index contributed by atoms with van der Waals surface area (Å²) in [6, 6.07) is -0.293. The van der Waals surface area contributed by atoms with Gasteiger partial charge in [0.05, 0.1) is 26.0 Å². The first-order valence-electron chi connectivity index (χ1n) is 2.45. The lowest BCUT2D eigenvalue weighted by Crippen LogP contribution is -2.30. The molecule has 0 spiro atoms. The smallest absolute Gasteiger partial charge is 0.0941 e. The highest BCUT2D eigenvalue weighted by atomic mass is 16.5. The molecule has 50 valence electrons. The summed E-state index contributed by atoms with van der Waals surface area (Å²) in [5.74, 6) is 0. The summed E-state index contributed by atoms with van der Waals surface area (Å²) in [5, 5.41) is 8.32. The summed E-state index contributed by atoms with van der Waals surface area (Å²) >= 11 is 0. The SMILES string of the molecule is NCOCC(N)CO. The average molecular weight is 120 g/mol.